The average molecular weight is 1890 g/mol. The first-order chi connectivity index (χ1) is 69.0. The molecular formula is C127H129N11O5. The Morgan fingerprint density at radius 1 is 0.294 bits per heavy atom. The van der Waals surface area contributed by atoms with E-state index in [2.05, 4.69) is 358 Å². The van der Waals surface area contributed by atoms with E-state index < -0.39 is 0 Å². The second-order valence-electron chi connectivity index (χ2n) is 46.0. The molecule has 9 aromatic carbocycles. The highest BCUT2D eigenvalue weighted by Crippen LogP contribution is 2.70. The number of para-hydroxylation sites is 1. The monoisotopic (exact) mass is 1890 g/mol. The van der Waals surface area contributed by atoms with Crippen molar-refractivity contribution in [3.63, 3.8) is 0 Å². The second kappa shape index (κ2) is 31.3. The average Bonchev–Trinajstić information content (AvgIpc) is 1.08. The van der Waals surface area contributed by atoms with Crippen molar-refractivity contribution in [2.75, 3.05) is 35.9 Å². The fraction of sp³-hybridized carbons (Fsp3) is 0.378. The highest BCUT2D eigenvalue weighted by atomic mass is 16.4. The van der Waals surface area contributed by atoms with E-state index in [0.717, 1.165) is 142 Å². The molecule has 0 radical (unpaired) electrons. The first kappa shape index (κ1) is 88.5. The molecule has 13 aliphatic heterocycles. The summed E-state index contributed by atoms with van der Waals surface area (Å²) >= 11 is 0. The number of aromatic nitrogens is 5. The summed E-state index contributed by atoms with van der Waals surface area (Å²) in [5, 5.41) is 11.4. The lowest BCUT2D eigenvalue weighted by molar-refractivity contribution is -0.0446. The van der Waals surface area contributed by atoms with Crippen LogP contribution in [0.1, 0.15) is 259 Å². The Kier molecular flexibility index (Phi) is 19.3. The van der Waals surface area contributed by atoms with Gasteiger partial charge >= 0.3 is 0 Å². The molecule has 8 saturated heterocycles. The fourth-order valence-corrected chi connectivity index (χ4v) is 31.2. The topological polar surface area (TPSA) is 150 Å². The predicted octanol–water partition coefficient (Wildman–Crippen LogP) is 31.5. The second-order valence-corrected chi connectivity index (χ2v) is 46.0. The third-order valence-electron chi connectivity index (χ3n) is 38.9. The van der Waals surface area contributed by atoms with Gasteiger partial charge in [-0.05, 0) is 347 Å². The molecule has 143 heavy (non-hydrogen) atoms. The fourth-order valence-electron chi connectivity index (χ4n) is 31.2. The molecule has 8 aliphatic carbocycles. The Morgan fingerprint density at radius 3 is 1.14 bits per heavy atom. The number of pyridine rings is 5. The maximum Gasteiger partial charge on any atom is 0.227 e. The molecule has 0 N–H and O–H groups in total. The summed E-state index contributed by atoms with van der Waals surface area (Å²) in [7, 11) is 0. The zero-order chi connectivity index (χ0) is 97.7. The van der Waals surface area contributed by atoms with Gasteiger partial charge in [0, 0.05) is 147 Å². The van der Waals surface area contributed by atoms with E-state index in [1.165, 1.54) is 184 Å². The molecule has 10 aromatic heterocycles. The van der Waals surface area contributed by atoms with Crippen molar-refractivity contribution in [1.29, 1.82) is 0 Å². The largest absolute Gasteiger partial charge is 0.436 e. The van der Waals surface area contributed by atoms with E-state index in [1.807, 2.05) is 34.6 Å². The summed E-state index contributed by atoms with van der Waals surface area (Å²) in [6, 6.07) is 81.9. The van der Waals surface area contributed by atoms with Crippen LogP contribution in [0, 0.1) is 74.7 Å². The minimum absolute atomic E-state index is 0.0465. The number of nitrogens with zero attached hydrogens (tertiary/aromatic N) is 11. The Balaban J connectivity index is 0.0000000892. The van der Waals surface area contributed by atoms with Crippen molar-refractivity contribution >= 4 is 144 Å². The van der Waals surface area contributed by atoms with Crippen LogP contribution in [0.3, 0.4) is 0 Å². The van der Waals surface area contributed by atoms with Gasteiger partial charge < -0.3 is 51.5 Å². The number of anilines is 6. The van der Waals surface area contributed by atoms with Gasteiger partial charge in [0.2, 0.25) is 28.6 Å². The summed E-state index contributed by atoms with van der Waals surface area (Å²) in [6.45, 7) is 41.6. The summed E-state index contributed by atoms with van der Waals surface area (Å²) < 4.78 is 32.2. The molecule has 19 aromatic rings. The van der Waals surface area contributed by atoms with Gasteiger partial charge in [0.1, 0.15) is 0 Å². The van der Waals surface area contributed by atoms with Crippen molar-refractivity contribution in [2.24, 2.45) is 5.41 Å². The van der Waals surface area contributed by atoms with Crippen molar-refractivity contribution in [3.8, 4) is 0 Å². The van der Waals surface area contributed by atoms with Crippen LogP contribution < -0.4 is 29.4 Å². The summed E-state index contributed by atoms with van der Waals surface area (Å²) in [6.07, 6.45) is 19.6. The van der Waals surface area contributed by atoms with Crippen LogP contribution >= 0.6 is 0 Å². The van der Waals surface area contributed by atoms with Gasteiger partial charge in [-0.3, -0.25) is 0 Å². The number of fused-ring (bicyclic) bond motifs is 21. The number of furan rings is 5. The van der Waals surface area contributed by atoms with Crippen LogP contribution in [0.15, 0.2) is 240 Å². The van der Waals surface area contributed by atoms with Crippen molar-refractivity contribution in [2.45, 2.75) is 296 Å². The zero-order valence-electron chi connectivity index (χ0n) is 86.1. The van der Waals surface area contributed by atoms with Crippen LogP contribution in [0.5, 0.6) is 0 Å². The van der Waals surface area contributed by atoms with Crippen molar-refractivity contribution in [3.05, 3.63) is 314 Å². The van der Waals surface area contributed by atoms with E-state index in [4.69, 9.17) is 27.1 Å². The van der Waals surface area contributed by atoms with E-state index in [1.54, 1.807) is 16.7 Å². The maximum atomic E-state index is 6.49. The van der Waals surface area contributed by atoms with Gasteiger partial charge in [-0.25, -0.2) is 24.9 Å². The van der Waals surface area contributed by atoms with Crippen molar-refractivity contribution < 1.29 is 22.1 Å². The lowest BCUT2D eigenvalue weighted by atomic mass is 9.47. The molecule has 722 valence electrons. The number of hydrogen-bond acceptors (Lipinski definition) is 16. The van der Waals surface area contributed by atoms with E-state index in [0.29, 0.717) is 47.1 Å². The van der Waals surface area contributed by atoms with Gasteiger partial charge in [0.15, 0.2) is 27.9 Å². The van der Waals surface area contributed by atoms with E-state index >= 15 is 0 Å². The maximum absolute atomic E-state index is 6.49. The minimum atomic E-state index is -0.0634. The predicted molar refractivity (Wildman–Crippen MR) is 583 cm³/mol. The number of rotatable bonds is 5. The van der Waals surface area contributed by atoms with Crippen LogP contribution in [-0.2, 0) is 27.4 Å². The molecular weight excluding hydrogens is 1760 g/mol. The third-order valence-corrected chi connectivity index (χ3v) is 38.9. The van der Waals surface area contributed by atoms with Gasteiger partial charge in [-0.15, -0.1) is 0 Å². The van der Waals surface area contributed by atoms with E-state index in [9.17, 15) is 0 Å². The Bertz CT molecular complexity index is 8390. The molecule has 21 aliphatic rings. The Morgan fingerprint density at radius 2 is 0.671 bits per heavy atom. The van der Waals surface area contributed by atoms with Crippen molar-refractivity contribution in [1.82, 2.24) is 24.9 Å². The van der Waals surface area contributed by atoms with Gasteiger partial charge in [0.05, 0.1) is 57.3 Å². The lowest BCUT2D eigenvalue weighted by Crippen LogP contribution is -2.72. The normalized spacial score (nSPS) is 27.2. The van der Waals surface area contributed by atoms with Crippen LogP contribution in [0.25, 0.3) is 110 Å². The molecule has 10 atom stereocenters. The smallest absolute Gasteiger partial charge is 0.227 e. The molecule has 23 heterocycles. The molecule has 10 bridgehead atoms. The lowest BCUT2D eigenvalue weighted by Gasteiger charge is -2.70. The van der Waals surface area contributed by atoms with Crippen LogP contribution in [0.4, 0.5) is 34.1 Å². The molecule has 16 nitrogen and oxygen atoms in total. The molecule has 16 heteroatoms. The first-order valence-electron chi connectivity index (χ1n) is 53.1. The third kappa shape index (κ3) is 12.3. The minimum Gasteiger partial charge on any atom is -0.436 e. The number of aryl methyl sites for hydroxylation is 10. The number of piperidine rings is 7. The summed E-state index contributed by atoms with van der Waals surface area (Å²) in [5.74, 6) is 0.584. The molecule has 0 amide bonds. The van der Waals surface area contributed by atoms with Gasteiger partial charge in [0.25, 0.3) is 0 Å². The standard InChI is InChI=1S/C27H26N2O.C27H28N2O.C25H25N3O.C25H24N2O.C23H26N2O/c1-16-8-10-19-20-11-9-17(2)28-25(20)30-24(19)23(16)29-18(3)26-12-14-27(29,15-13-26)22-7-5-4-6-21(22)26;1-16-10-12-19-20-13-11-17(2)28-25(20)30-24(19)23(16)29-18(3)26(4)14-15-27(29,5)22-9-7-6-8-21(22)26;1-15-9-11-18-19-12-10-16(2)26-24(19)29-23(18)22(15)28-17(3)27-14-13-25(28,4)20-7-5-6-8-21(20)27;1-14-8-10-20-21-11-9-15(2)26-25(21)28-24(20)23(14)27-16(3)17-12-13-22(27)19-7-5-4-6-18(17)19;1-14-4-6-17-18-7-5-15(2)24-21(18)26-20(17)19(14)25-16(3)22-8-11-23(25,12-9-22)13-10-22/h4-11,18H,12-15H2,1-3H3;6-13,18H,14-15H2,1-5H3;5-12,17H,13-14H2,1-4H3;4-11,16-17,22H,12-13H2,1-3H3;4-7,16H,8-13H2,1-3H3. The summed E-state index contributed by atoms with van der Waals surface area (Å²) in [5.41, 5.74) is 39.7. The highest BCUT2D eigenvalue weighted by Gasteiger charge is 2.67. The molecule has 4 saturated carbocycles. The SMILES string of the molecule is Cc1ccc2c(n1)oc1c(N3C(C)C4(C)CCC3(C)c3ccccc34)c(C)ccc12.Cc1ccc2c(n1)oc1c(N3C(C)C45CCC3(CC4)CC5)c(C)ccc12.Cc1ccc2c(n1)oc1c(N3C(C)C45CCC3(CC4)c3ccccc35)c(C)ccc12.Cc1ccc2c(n1)oc1c(N3C(C)N4CCC3(C)c3ccccc34)c(C)ccc12.Cc1ccc2c(n1)oc1c(N3C4CCC(c5ccccc54)C3C)c(C)ccc12. The number of hydrogen-bond donors (Lipinski definition) is 0. The van der Waals surface area contributed by atoms with Crippen LogP contribution in [0.2, 0.25) is 0 Å². The molecule has 40 rings (SSSR count). The van der Waals surface area contributed by atoms with Gasteiger partial charge in [-0.2, -0.15) is 0 Å². The Hall–Kier alpha value is -13.5. The van der Waals surface area contributed by atoms with Crippen LogP contribution in [-0.4, -0.2) is 67.3 Å². The van der Waals surface area contributed by atoms with Gasteiger partial charge in [-0.1, -0.05) is 159 Å². The van der Waals surface area contributed by atoms with E-state index in [-0.39, 0.29) is 33.6 Å². The highest BCUT2D eigenvalue weighted by molar-refractivity contribution is 6.14. The quantitative estimate of drug-likeness (QED) is 0.161. The molecule has 10 unspecified atom stereocenters. The molecule has 12 fully saturated rings. The number of benzene rings is 9. The zero-order valence-corrected chi connectivity index (χ0v) is 86.1. The first-order valence-corrected chi connectivity index (χ1v) is 53.1. The Labute approximate surface area is 837 Å². The molecule has 0 spiro atoms. The summed E-state index contributed by atoms with van der Waals surface area (Å²) in [4.78, 5) is 39.3.